The van der Waals surface area contributed by atoms with E-state index in [1.807, 2.05) is 13.0 Å². The molecule has 2 N–H and O–H groups in total. The van der Waals surface area contributed by atoms with Gasteiger partial charge in [-0.05, 0) is 61.7 Å². The lowest BCUT2D eigenvalue weighted by molar-refractivity contribution is -0.116. The number of methoxy groups -OCH3 is 2. The summed E-state index contributed by atoms with van der Waals surface area (Å²) in [6.07, 6.45) is 1.96. The zero-order chi connectivity index (χ0) is 22.8. The smallest absolute Gasteiger partial charge is 0.254 e. The average molecular weight is 436 g/mol. The first kappa shape index (κ1) is 21.6. The quantitative estimate of drug-likeness (QED) is 0.724. The van der Waals surface area contributed by atoms with Crippen LogP contribution in [-0.4, -0.2) is 25.9 Å². The second kappa shape index (κ2) is 8.86. The highest BCUT2D eigenvalue weighted by atomic mass is 19.1. The number of ether oxygens (including phenoxy) is 2. The first-order valence-electron chi connectivity index (χ1n) is 10.5. The molecule has 7 heteroatoms. The Bertz CT molecular complexity index is 1140. The molecular formula is C25H25FN2O4. The number of allylic oxidation sites excluding steroid dienone is 3. The van der Waals surface area contributed by atoms with E-state index < -0.39 is 5.92 Å². The Morgan fingerprint density at radius 3 is 2.47 bits per heavy atom. The van der Waals surface area contributed by atoms with E-state index >= 15 is 0 Å². The van der Waals surface area contributed by atoms with Crippen molar-refractivity contribution in [3.05, 3.63) is 76.4 Å². The van der Waals surface area contributed by atoms with Crippen molar-refractivity contribution >= 4 is 17.4 Å². The molecule has 0 saturated heterocycles. The monoisotopic (exact) mass is 436 g/mol. The Labute approximate surface area is 186 Å². The molecule has 166 valence electrons. The van der Waals surface area contributed by atoms with Crippen LogP contribution in [0, 0.1) is 5.82 Å². The van der Waals surface area contributed by atoms with Gasteiger partial charge in [-0.25, -0.2) is 4.39 Å². The van der Waals surface area contributed by atoms with Crippen LogP contribution in [0.2, 0.25) is 0 Å². The van der Waals surface area contributed by atoms with E-state index in [0.717, 1.165) is 24.1 Å². The molecule has 1 aliphatic heterocycles. The number of nitrogens with one attached hydrogen (secondary N) is 2. The van der Waals surface area contributed by atoms with Crippen molar-refractivity contribution in [2.45, 2.75) is 32.1 Å². The summed E-state index contributed by atoms with van der Waals surface area (Å²) in [7, 11) is 3.10. The molecular weight excluding hydrogens is 411 g/mol. The number of hydrogen-bond donors (Lipinski definition) is 2. The van der Waals surface area contributed by atoms with Crippen LogP contribution in [0.15, 0.2) is 65.0 Å². The summed E-state index contributed by atoms with van der Waals surface area (Å²) in [6, 6.07) is 11.0. The second-order valence-corrected chi connectivity index (χ2v) is 7.84. The summed E-state index contributed by atoms with van der Waals surface area (Å²) in [5.41, 5.74) is 3.82. The molecule has 0 aromatic heterocycles. The predicted molar refractivity (Wildman–Crippen MR) is 119 cm³/mol. The molecule has 6 nitrogen and oxygen atoms in total. The first-order chi connectivity index (χ1) is 15.4. The van der Waals surface area contributed by atoms with Gasteiger partial charge >= 0.3 is 0 Å². The maximum absolute atomic E-state index is 13.4. The number of benzene rings is 2. The van der Waals surface area contributed by atoms with Gasteiger partial charge in [0.05, 0.1) is 14.2 Å². The molecule has 1 aliphatic carbocycles. The molecule has 32 heavy (non-hydrogen) atoms. The van der Waals surface area contributed by atoms with Crippen LogP contribution in [0.3, 0.4) is 0 Å². The highest BCUT2D eigenvalue weighted by Gasteiger charge is 2.38. The molecule has 0 unspecified atom stereocenters. The number of dihydropyridines is 1. The lowest BCUT2D eigenvalue weighted by atomic mass is 9.75. The van der Waals surface area contributed by atoms with Gasteiger partial charge in [-0.3, -0.25) is 9.59 Å². The number of ketones is 1. The fourth-order valence-electron chi connectivity index (χ4n) is 4.38. The van der Waals surface area contributed by atoms with Crippen molar-refractivity contribution in [3.63, 3.8) is 0 Å². The first-order valence-corrected chi connectivity index (χ1v) is 10.5. The molecule has 0 fully saturated rings. The van der Waals surface area contributed by atoms with Crippen molar-refractivity contribution in [2.75, 3.05) is 19.5 Å². The van der Waals surface area contributed by atoms with E-state index in [-0.39, 0.29) is 17.5 Å². The fourth-order valence-corrected chi connectivity index (χ4v) is 4.38. The van der Waals surface area contributed by atoms with Gasteiger partial charge in [0.15, 0.2) is 17.3 Å². The SMILES string of the molecule is COc1ccc([C@@H]2C(C(=O)Nc3ccc(F)cc3)=C(C)NC3=C2C(=O)CCC3)cc1OC. The van der Waals surface area contributed by atoms with Crippen LogP contribution in [0.4, 0.5) is 10.1 Å². The number of carbonyl (C=O) groups is 2. The van der Waals surface area contributed by atoms with Gasteiger partial charge in [-0.1, -0.05) is 6.07 Å². The molecule has 0 bridgehead atoms. The van der Waals surface area contributed by atoms with Crippen molar-refractivity contribution < 1.29 is 23.5 Å². The van der Waals surface area contributed by atoms with Gasteiger partial charge in [0.2, 0.25) is 0 Å². The third-order valence-corrected chi connectivity index (χ3v) is 5.86. The minimum absolute atomic E-state index is 0.0260. The number of hydrogen-bond acceptors (Lipinski definition) is 5. The van der Waals surface area contributed by atoms with Crippen LogP contribution in [0.1, 0.15) is 37.7 Å². The Kier molecular flexibility index (Phi) is 5.99. The van der Waals surface area contributed by atoms with E-state index in [1.54, 1.807) is 26.4 Å². The average Bonchev–Trinajstić information content (AvgIpc) is 2.79. The maximum atomic E-state index is 13.4. The molecule has 0 radical (unpaired) electrons. The summed E-state index contributed by atoms with van der Waals surface area (Å²) in [5, 5.41) is 6.12. The molecule has 0 saturated carbocycles. The number of Topliss-reactive ketones (excluding diaryl/α,β-unsaturated/α-hetero) is 1. The van der Waals surface area contributed by atoms with E-state index in [1.165, 1.54) is 24.3 Å². The molecule has 1 heterocycles. The Morgan fingerprint density at radius 2 is 1.78 bits per heavy atom. The number of carbonyl (C=O) groups excluding carboxylic acids is 2. The lowest BCUT2D eigenvalue weighted by Gasteiger charge is -2.34. The van der Waals surface area contributed by atoms with Crippen molar-refractivity contribution in [2.24, 2.45) is 0 Å². The second-order valence-electron chi connectivity index (χ2n) is 7.84. The van der Waals surface area contributed by atoms with E-state index in [2.05, 4.69) is 10.6 Å². The highest BCUT2D eigenvalue weighted by Crippen LogP contribution is 2.44. The number of halogens is 1. The van der Waals surface area contributed by atoms with Crippen LogP contribution in [0.25, 0.3) is 0 Å². The Hall–Kier alpha value is -3.61. The van der Waals surface area contributed by atoms with Gasteiger partial charge < -0.3 is 20.1 Å². The molecule has 0 spiro atoms. The van der Waals surface area contributed by atoms with E-state index in [0.29, 0.717) is 40.5 Å². The number of anilines is 1. The Morgan fingerprint density at radius 1 is 1.06 bits per heavy atom. The summed E-state index contributed by atoms with van der Waals surface area (Å²) in [6.45, 7) is 1.83. The molecule has 2 aromatic carbocycles. The van der Waals surface area contributed by atoms with Gasteiger partial charge in [0.25, 0.3) is 5.91 Å². The molecule has 4 rings (SSSR count). The predicted octanol–water partition coefficient (Wildman–Crippen LogP) is 4.45. The molecule has 1 atom stereocenters. The van der Waals surface area contributed by atoms with Gasteiger partial charge in [-0.2, -0.15) is 0 Å². The number of amides is 1. The molecule has 2 aliphatic rings. The van der Waals surface area contributed by atoms with Gasteiger partial charge in [-0.15, -0.1) is 0 Å². The molecule has 1 amide bonds. The van der Waals surface area contributed by atoms with Crippen molar-refractivity contribution in [3.8, 4) is 11.5 Å². The largest absolute Gasteiger partial charge is 0.493 e. The zero-order valence-corrected chi connectivity index (χ0v) is 18.3. The maximum Gasteiger partial charge on any atom is 0.254 e. The molecule has 2 aromatic rings. The number of rotatable bonds is 5. The topological polar surface area (TPSA) is 76.7 Å². The van der Waals surface area contributed by atoms with Crippen LogP contribution < -0.4 is 20.1 Å². The summed E-state index contributed by atoms with van der Waals surface area (Å²) < 4.78 is 24.1. The van der Waals surface area contributed by atoms with Crippen LogP contribution in [-0.2, 0) is 9.59 Å². The van der Waals surface area contributed by atoms with E-state index in [9.17, 15) is 14.0 Å². The standard InChI is InChI=1S/C25H25FN2O4/c1-14-22(25(30)28-17-10-8-16(26)9-11-17)23(24-18(27-14)5-4-6-19(24)29)15-7-12-20(31-2)21(13-15)32-3/h7-13,23,27H,4-6H2,1-3H3,(H,28,30)/t23-/m1/s1. The minimum atomic E-state index is -0.556. The van der Waals surface area contributed by atoms with E-state index in [4.69, 9.17) is 9.47 Å². The zero-order valence-electron chi connectivity index (χ0n) is 18.3. The highest BCUT2D eigenvalue weighted by molar-refractivity contribution is 6.09. The van der Waals surface area contributed by atoms with Gasteiger partial charge in [0.1, 0.15) is 5.82 Å². The summed E-state index contributed by atoms with van der Waals surface area (Å²) in [5.74, 6) is -0.190. The lowest BCUT2D eigenvalue weighted by Crippen LogP contribution is -2.35. The van der Waals surface area contributed by atoms with Crippen LogP contribution >= 0.6 is 0 Å². The van der Waals surface area contributed by atoms with Gasteiger partial charge in [0, 0.05) is 40.6 Å². The Balaban J connectivity index is 1.81. The van der Waals surface area contributed by atoms with Crippen molar-refractivity contribution in [1.29, 1.82) is 0 Å². The van der Waals surface area contributed by atoms with Crippen LogP contribution in [0.5, 0.6) is 11.5 Å². The summed E-state index contributed by atoms with van der Waals surface area (Å²) >= 11 is 0. The van der Waals surface area contributed by atoms with Crippen molar-refractivity contribution in [1.82, 2.24) is 5.32 Å². The normalized spacial score (nSPS) is 18.1. The summed E-state index contributed by atoms with van der Waals surface area (Å²) in [4.78, 5) is 26.4. The minimum Gasteiger partial charge on any atom is -0.493 e. The third-order valence-electron chi connectivity index (χ3n) is 5.86. The fraction of sp³-hybridized carbons (Fsp3) is 0.280. The third kappa shape index (κ3) is 3.98.